The van der Waals surface area contributed by atoms with Gasteiger partial charge in [0.25, 0.3) is 5.91 Å². The van der Waals surface area contributed by atoms with Crippen LogP contribution in [0, 0.1) is 5.41 Å². The summed E-state index contributed by atoms with van der Waals surface area (Å²) in [5, 5.41) is 0.904. The third kappa shape index (κ3) is 5.19. The van der Waals surface area contributed by atoms with Crippen molar-refractivity contribution in [3.05, 3.63) is 53.1 Å². The number of hydrogen-bond acceptors (Lipinski definition) is 6. The monoisotopic (exact) mass is 685 g/mol. The molecular formula is C35H38F3N3O6S. The lowest BCUT2D eigenvalue weighted by molar-refractivity contribution is -0.147. The molecule has 2 saturated carbocycles. The molecule has 2 bridgehead atoms. The van der Waals surface area contributed by atoms with Gasteiger partial charge in [0.15, 0.2) is 5.75 Å². The van der Waals surface area contributed by atoms with Gasteiger partial charge in [-0.25, -0.2) is 13.1 Å². The third-order valence-corrected chi connectivity index (χ3v) is 12.5. The molecule has 2 saturated heterocycles. The number of morpholine rings is 1. The van der Waals surface area contributed by atoms with E-state index in [0.717, 1.165) is 72.7 Å². The van der Waals surface area contributed by atoms with Gasteiger partial charge in [-0.1, -0.05) is 25.3 Å². The molecule has 2 amide bonds. The van der Waals surface area contributed by atoms with E-state index in [9.17, 15) is 31.2 Å². The van der Waals surface area contributed by atoms with Crippen LogP contribution in [0.25, 0.3) is 22.2 Å². The minimum atomic E-state index is -5.00. The van der Waals surface area contributed by atoms with Crippen molar-refractivity contribution in [1.82, 2.24) is 14.2 Å². The zero-order valence-corrected chi connectivity index (χ0v) is 27.5. The van der Waals surface area contributed by atoms with Gasteiger partial charge in [0.1, 0.15) is 5.75 Å². The number of aromatic nitrogens is 1. The van der Waals surface area contributed by atoms with Crippen LogP contribution < -0.4 is 9.46 Å². The van der Waals surface area contributed by atoms with Crippen molar-refractivity contribution >= 4 is 32.7 Å². The Balaban J connectivity index is 1.30. The Labute approximate surface area is 276 Å². The fourth-order valence-corrected chi connectivity index (χ4v) is 9.99. The summed E-state index contributed by atoms with van der Waals surface area (Å²) in [5.41, 5.74) is 4.05. The molecule has 3 aromatic rings. The summed E-state index contributed by atoms with van der Waals surface area (Å²) in [5.74, 6) is -2.29. The number of alkyl halides is 3. The Hall–Kier alpha value is -3.58. The summed E-state index contributed by atoms with van der Waals surface area (Å²) in [4.78, 5) is 30.0. The van der Waals surface area contributed by atoms with Crippen molar-refractivity contribution in [2.24, 2.45) is 5.41 Å². The van der Waals surface area contributed by atoms with Crippen LogP contribution in [0.2, 0.25) is 0 Å². The average Bonchev–Trinajstić information content (AvgIpc) is 3.64. The molecule has 1 aromatic heterocycles. The molecule has 4 fully saturated rings. The number of carbonyl (C=O) groups excluding carboxylic acids is 2. The van der Waals surface area contributed by atoms with Crippen LogP contribution in [0.5, 0.6) is 5.75 Å². The third-order valence-electron chi connectivity index (χ3n) is 11.3. The van der Waals surface area contributed by atoms with Crippen molar-refractivity contribution < 1.29 is 40.7 Å². The Morgan fingerprint density at radius 1 is 1.02 bits per heavy atom. The number of hydrogen-bond donors (Lipinski definition) is 1. The van der Waals surface area contributed by atoms with E-state index in [1.807, 2.05) is 12.1 Å². The lowest BCUT2D eigenvalue weighted by atomic mass is 9.81. The molecule has 48 heavy (non-hydrogen) atoms. The molecule has 2 aliphatic carbocycles. The molecule has 1 N–H and O–H groups in total. The van der Waals surface area contributed by atoms with Crippen molar-refractivity contribution in [1.29, 1.82) is 0 Å². The SMILES string of the molecule is COc1ccc2c(c1)C1CC1(C(=O)N1C3CC[C@H]1COC3)Cn1c-2c(C2CCCCC2)c2ccc(C(=O)NS(=O)(=O)CC(F)(F)F)cc21. The van der Waals surface area contributed by atoms with E-state index >= 15 is 0 Å². The predicted molar refractivity (Wildman–Crippen MR) is 171 cm³/mol. The Kier molecular flexibility index (Phi) is 7.41. The highest BCUT2D eigenvalue weighted by atomic mass is 32.2. The minimum Gasteiger partial charge on any atom is -0.497 e. The summed E-state index contributed by atoms with van der Waals surface area (Å²) in [7, 11) is -3.34. The second-order valence-electron chi connectivity index (χ2n) is 14.2. The van der Waals surface area contributed by atoms with Gasteiger partial charge < -0.3 is 18.9 Å². The van der Waals surface area contributed by atoms with Gasteiger partial charge in [0.2, 0.25) is 15.9 Å². The van der Waals surface area contributed by atoms with Gasteiger partial charge in [-0.2, -0.15) is 13.2 Å². The zero-order valence-electron chi connectivity index (χ0n) is 26.6. The van der Waals surface area contributed by atoms with E-state index in [2.05, 4.69) is 15.5 Å². The quantitative estimate of drug-likeness (QED) is 0.349. The first-order chi connectivity index (χ1) is 22.9. The zero-order chi connectivity index (χ0) is 33.6. The van der Waals surface area contributed by atoms with E-state index in [4.69, 9.17) is 9.47 Å². The normalized spacial score (nSPS) is 26.8. The average molecular weight is 686 g/mol. The number of benzene rings is 2. The molecule has 256 valence electrons. The fraction of sp³-hybridized carbons (Fsp3) is 0.543. The molecule has 4 atom stereocenters. The van der Waals surface area contributed by atoms with Gasteiger partial charge in [0.05, 0.1) is 43.5 Å². The molecule has 0 radical (unpaired) electrons. The number of fused-ring (bicyclic) bond motifs is 9. The summed E-state index contributed by atoms with van der Waals surface area (Å²) in [6.07, 6.45) is 2.74. The van der Waals surface area contributed by atoms with Crippen molar-refractivity contribution in [2.45, 2.75) is 88.0 Å². The van der Waals surface area contributed by atoms with Gasteiger partial charge in [0, 0.05) is 34.5 Å². The van der Waals surface area contributed by atoms with E-state index in [-0.39, 0.29) is 35.4 Å². The topological polar surface area (TPSA) is 107 Å². The molecule has 4 heterocycles. The molecule has 0 spiro atoms. The number of nitrogens with zero attached hydrogens (tertiary/aromatic N) is 2. The Morgan fingerprint density at radius 3 is 2.44 bits per heavy atom. The van der Waals surface area contributed by atoms with E-state index in [1.165, 1.54) is 6.07 Å². The lowest BCUT2D eigenvalue weighted by Gasteiger charge is -2.37. The van der Waals surface area contributed by atoms with Gasteiger partial charge in [-0.15, -0.1) is 0 Å². The van der Waals surface area contributed by atoms with Crippen LogP contribution in [-0.4, -0.2) is 74.0 Å². The highest BCUT2D eigenvalue weighted by Gasteiger charge is 2.65. The number of nitrogens with one attached hydrogen (secondary N) is 1. The second-order valence-corrected chi connectivity index (χ2v) is 15.9. The maximum absolute atomic E-state index is 14.8. The number of ether oxygens (including phenoxy) is 2. The molecule has 3 aliphatic heterocycles. The molecule has 8 rings (SSSR count). The lowest BCUT2D eigenvalue weighted by Crippen LogP contribution is -2.52. The van der Waals surface area contributed by atoms with Crippen LogP contribution in [0.15, 0.2) is 36.4 Å². The second kappa shape index (κ2) is 11.2. The van der Waals surface area contributed by atoms with Gasteiger partial charge >= 0.3 is 6.18 Å². The van der Waals surface area contributed by atoms with Crippen molar-refractivity contribution in [3.63, 3.8) is 0 Å². The van der Waals surface area contributed by atoms with Crippen molar-refractivity contribution in [2.75, 3.05) is 26.1 Å². The summed E-state index contributed by atoms with van der Waals surface area (Å²) in [6, 6.07) is 10.9. The van der Waals surface area contributed by atoms with Crippen molar-refractivity contribution in [3.8, 4) is 17.0 Å². The highest BCUT2D eigenvalue weighted by molar-refractivity contribution is 7.90. The standard InChI is InChI=1S/C35H38F3N3O6S/c1-46-24-10-12-25-27(14-24)28-15-34(28,33(43)41-22-8-9-23(41)17-47-16-22)18-40-29-13-21(32(42)39-48(44,45)19-35(36,37)38)7-11-26(29)30(31(25)40)20-5-3-2-4-6-20/h7,10-14,20,22-23,28H,2-6,8-9,15-19H2,1H3,(H,39,42)/t22-,23?,28?,34?/m0/s1. The Morgan fingerprint density at radius 2 is 1.75 bits per heavy atom. The fourth-order valence-electron chi connectivity index (χ4n) is 9.09. The first kappa shape index (κ1) is 31.7. The van der Waals surface area contributed by atoms with Gasteiger partial charge in [-0.05, 0) is 79.5 Å². The number of rotatable bonds is 6. The number of halogens is 3. The largest absolute Gasteiger partial charge is 0.497 e. The number of carbonyl (C=O) groups is 2. The number of amides is 2. The van der Waals surface area contributed by atoms with E-state index in [0.29, 0.717) is 37.4 Å². The van der Waals surface area contributed by atoms with Gasteiger partial charge in [-0.3, -0.25) is 9.59 Å². The first-order valence-electron chi connectivity index (χ1n) is 16.8. The smallest absolute Gasteiger partial charge is 0.404 e. The summed E-state index contributed by atoms with van der Waals surface area (Å²) in [6.45, 7) is 1.40. The van der Waals surface area contributed by atoms with Crippen LogP contribution in [-0.2, 0) is 26.1 Å². The maximum atomic E-state index is 14.8. The maximum Gasteiger partial charge on any atom is 0.404 e. The Bertz CT molecular complexity index is 1920. The first-order valence-corrected chi connectivity index (χ1v) is 18.4. The molecular weight excluding hydrogens is 647 g/mol. The van der Waals surface area contributed by atoms with E-state index in [1.54, 1.807) is 24.0 Å². The van der Waals surface area contributed by atoms with E-state index < -0.39 is 33.3 Å². The van der Waals surface area contributed by atoms with Crippen LogP contribution in [0.4, 0.5) is 13.2 Å². The molecule has 13 heteroatoms. The highest BCUT2D eigenvalue weighted by Crippen LogP contribution is 2.66. The molecule has 3 unspecified atom stereocenters. The number of methoxy groups -OCH3 is 1. The van der Waals surface area contributed by atoms with Crippen LogP contribution in [0.3, 0.4) is 0 Å². The van der Waals surface area contributed by atoms with Crippen LogP contribution in [0.1, 0.15) is 84.7 Å². The summed E-state index contributed by atoms with van der Waals surface area (Å²) < 4.78 is 78.5. The minimum absolute atomic E-state index is 0.0348. The predicted octanol–water partition coefficient (Wildman–Crippen LogP) is 5.86. The summed E-state index contributed by atoms with van der Waals surface area (Å²) >= 11 is 0. The molecule has 9 nitrogen and oxygen atoms in total. The number of sulfonamides is 1. The van der Waals surface area contributed by atoms with Crippen LogP contribution >= 0.6 is 0 Å². The molecule has 5 aliphatic rings. The molecule has 2 aromatic carbocycles.